The van der Waals surface area contributed by atoms with Crippen LogP contribution in [-0.4, -0.2) is 37.5 Å². The predicted molar refractivity (Wildman–Crippen MR) is 57.0 cm³/mol. The van der Waals surface area contributed by atoms with Crippen molar-refractivity contribution in [1.29, 1.82) is 0 Å². The highest BCUT2D eigenvalue weighted by Gasteiger charge is 2.43. The number of hydrogen-bond acceptors (Lipinski definition) is 4. The molecule has 3 N–H and O–H groups in total. The third kappa shape index (κ3) is 4.48. The second kappa shape index (κ2) is 5.92. The van der Waals surface area contributed by atoms with Gasteiger partial charge in [-0.3, -0.25) is 0 Å². The van der Waals surface area contributed by atoms with Crippen molar-refractivity contribution >= 4 is 5.84 Å². The Morgan fingerprint density at radius 1 is 1.40 bits per heavy atom. The van der Waals surface area contributed by atoms with Crippen LogP contribution in [0.4, 0.5) is 0 Å². The normalized spacial score (nSPS) is 19.1. The smallest absolute Gasteiger partial charge is 0.139 e. The van der Waals surface area contributed by atoms with E-state index >= 15 is 0 Å². The fourth-order valence-corrected chi connectivity index (χ4v) is 1.52. The van der Waals surface area contributed by atoms with Crippen molar-refractivity contribution in [2.24, 2.45) is 16.3 Å². The van der Waals surface area contributed by atoms with Crippen LogP contribution >= 0.6 is 0 Å². The maximum atomic E-state index is 8.47. The lowest BCUT2D eigenvalue weighted by atomic mass is 10.0. The van der Waals surface area contributed by atoms with Gasteiger partial charge in [0.2, 0.25) is 0 Å². The molecule has 0 unspecified atom stereocenters. The molecule has 0 amide bonds. The third-order valence-corrected chi connectivity index (χ3v) is 2.63. The van der Waals surface area contributed by atoms with Crippen molar-refractivity contribution in [2.75, 3.05) is 26.4 Å². The second-order valence-corrected chi connectivity index (χ2v) is 4.02. The van der Waals surface area contributed by atoms with Gasteiger partial charge in [0.25, 0.3) is 0 Å². The second-order valence-electron chi connectivity index (χ2n) is 4.02. The highest BCUT2D eigenvalue weighted by atomic mass is 16.5. The van der Waals surface area contributed by atoms with E-state index in [1.165, 1.54) is 0 Å². The molecule has 0 bridgehead atoms. The lowest BCUT2D eigenvalue weighted by Gasteiger charge is -2.14. The molecule has 0 aromatic rings. The molecule has 0 radical (unpaired) electrons. The summed E-state index contributed by atoms with van der Waals surface area (Å²) < 4.78 is 10.6. The summed E-state index contributed by atoms with van der Waals surface area (Å²) in [5.74, 6) is 0.293. The Morgan fingerprint density at radius 2 is 2.07 bits per heavy atom. The van der Waals surface area contributed by atoms with Gasteiger partial charge in [-0.25, -0.2) is 0 Å². The number of nitrogens with two attached hydrogens (primary N) is 1. The lowest BCUT2D eigenvalue weighted by Crippen LogP contribution is -2.22. The molecule has 1 aliphatic rings. The summed E-state index contributed by atoms with van der Waals surface area (Å²) in [6.07, 6.45) is 2.81. The van der Waals surface area contributed by atoms with Crippen molar-refractivity contribution in [3.8, 4) is 0 Å². The fraction of sp³-hybridized carbons (Fsp3) is 0.900. The first-order valence-electron chi connectivity index (χ1n) is 5.34. The van der Waals surface area contributed by atoms with Crippen molar-refractivity contribution in [2.45, 2.75) is 26.2 Å². The van der Waals surface area contributed by atoms with Gasteiger partial charge in [-0.2, -0.15) is 0 Å². The monoisotopic (exact) mass is 216 g/mol. The van der Waals surface area contributed by atoms with E-state index in [2.05, 4.69) is 5.16 Å². The molecule has 5 nitrogen and oxygen atoms in total. The molecule has 0 aliphatic heterocycles. The Labute approximate surface area is 90.2 Å². The van der Waals surface area contributed by atoms with Crippen LogP contribution in [0.1, 0.15) is 26.2 Å². The quantitative estimate of drug-likeness (QED) is 0.208. The van der Waals surface area contributed by atoms with E-state index in [0.717, 1.165) is 19.4 Å². The van der Waals surface area contributed by atoms with Crippen LogP contribution in [0.25, 0.3) is 0 Å². The number of oxime groups is 1. The maximum absolute atomic E-state index is 8.47. The zero-order chi connectivity index (χ0) is 11.1. The molecule has 0 aromatic carbocycles. The fourth-order valence-electron chi connectivity index (χ4n) is 1.52. The molecule has 88 valence electrons. The first kappa shape index (κ1) is 12.3. The Balaban J connectivity index is 2.09. The number of ether oxygens (including phenoxy) is 2. The summed E-state index contributed by atoms with van der Waals surface area (Å²) in [5.41, 5.74) is 5.60. The van der Waals surface area contributed by atoms with Crippen LogP contribution in [0.2, 0.25) is 0 Å². The van der Waals surface area contributed by atoms with Crippen LogP contribution in [0.15, 0.2) is 5.16 Å². The van der Waals surface area contributed by atoms with Crippen molar-refractivity contribution < 1.29 is 14.7 Å². The molecule has 5 heteroatoms. The maximum Gasteiger partial charge on any atom is 0.139 e. The van der Waals surface area contributed by atoms with Gasteiger partial charge >= 0.3 is 0 Å². The van der Waals surface area contributed by atoms with Gasteiger partial charge in [-0.05, 0) is 19.8 Å². The summed E-state index contributed by atoms with van der Waals surface area (Å²) >= 11 is 0. The van der Waals surface area contributed by atoms with Gasteiger partial charge in [-0.1, -0.05) is 5.16 Å². The SMILES string of the molecule is CCOCCOCC1(CC(N)=NO)CC1. The molecule has 15 heavy (non-hydrogen) atoms. The minimum atomic E-state index is 0.128. The third-order valence-electron chi connectivity index (χ3n) is 2.63. The first-order chi connectivity index (χ1) is 7.22. The molecule has 1 rings (SSSR count). The lowest BCUT2D eigenvalue weighted by molar-refractivity contribution is 0.0336. The summed E-state index contributed by atoms with van der Waals surface area (Å²) in [4.78, 5) is 0. The Hall–Kier alpha value is -0.810. The molecule has 1 fully saturated rings. The number of hydrogen-bond donors (Lipinski definition) is 2. The van der Waals surface area contributed by atoms with Gasteiger partial charge < -0.3 is 20.4 Å². The first-order valence-corrected chi connectivity index (χ1v) is 5.34. The summed E-state index contributed by atoms with van der Waals surface area (Å²) in [6.45, 7) is 4.61. The molecule has 0 saturated heterocycles. The van der Waals surface area contributed by atoms with E-state index in [4.69, 9.17) is 20.4 Å². The van der Waals surface area contributed by atoms with Crippen LogP contribution in [-0.2, 0) is 9.47 Å². The van der Waals surface area contributed by atoms with Gasteiger partial charge in [-0.15, -0.1) is 0 Å². The van der Waals surface area contributed by atoms with E-state index in [0.29, 0.717) is 32.1 Å². The minimum Gasteiger partial charge on any atom is -0.409 e. The zero-order valence-corrected chi connectivity index (χ0v) is 9.24. The zero-order valence-electron chi connectivity index (χ0n) is 9.24. The number of amidine groups is 1. The van der Waals surface area contributed by atoms with Crippen LogP contribution in [0, 0.1) is 5.41 Å². The Bertz CT molecular complexity index is 215. The van der Waals surface area contributed by atoms with Crippen LogP contribution in [0.3, 0.4) is 0 Å². The molecular weight excluding hydrogens is 196 g/mol. The largest absolute Gasteiger partial charge is 0.409 e. The molecule has 0 heterocycles. The van der Waals surface area contributed by atoms with Crippen LogP contribution < -0.4 is 5.73 Å². The average molecular weight is 216 g/mol. The molecule has 0 aromatic heterocycles. The minimum absolute atomic E-state index is 0.128. The summed E-state index contributed by atoms with van der Waals surface area (Å²) in [5, 5.41) is 11.5. The summed E-state index contributed by atoms with van der Waals surface area (Å²) in [7, 11) is 0. The number of nitrogens with zero attached hydrogens (tertiary/aromatic N) is 1. The van der Waals surface area contributed by atoms with Gasteiger partial charge in [0.05, 0.1) is 19.8 Å². The average Bonchev–Trinajstić information content (AvgIpc) is 2.98. The Morgan fingerprint density at radius 3 is 2.60 bits per heavy atom. The molecule has 1 aliphatic carbocycles. The molecule has 0 spiro atoms. The van der Waals surface area contributed by atoms with Gasteiger partial charge in [0.1, 0.15) is 5.84 Å². The highest BCUT2D eigenvalue weighted by molar-refractivity contribution is 5.80. The summed E-state index contributed by atoms with van der Waals surface area (Å²) in [6, 6.07) is 0. The highest BCUT2D eigenvalue weighted by Crippen LogP contribution is 2.48. The topological polar surface area (TPSA) is 77.1 Å². The standard InChI is InChI=1S/C10H20N2O3/c1-2-14-5-6-15-8-10(3-4-10)7-9(11)12-13/h13H,2-8H2,1H3,(H2,11,12). The molecule has 0 atom stereocenters. The van der Waals surface area contributed by atoms with Crippen molar-refractivity contribution in [3.05, 3.63) is 0 Å². The van der Waals surface area contributed by atoms with E-state index < -0.39 is 0 Å². The van der Waals surface area contributed by atoms with E-state index in [1.807, 2.05) is 6.92 Å². The molecule has 1 saturated carbocycles. The van der Waals surface area contributed by atoms with E-state index in [-0.39, 0.29) is 5.41 Å². The molecular formula is C10H20N2O3. The van der Waals surface area contributed by atoms with Gasteiger partial charge in [0, 0.05) is 18.4 Å². The number of rotatable bonds is 8. The van der Waals surface area contributed by atoms with E-state index in [9.17, 15) is 0 Å². The van der Waals surface area contributed by atoms with Gasteiger partial charge in [0.15, 0.2) is 0 Å². The van der Waals surface area contributed by atoms with Crippen molar-refractivity contribution in [1.82, 2.24) is 0 Å². The van der Waals surface area contributed by atoms with E-state index in [1.54, 1.807) is 0 Å². The predicted octanol–water partition coefficient (Wildman–Crippen LogP) is 0.956. The van der Waals surface area contributed by atoms with Crippen LogP contribution in [0.5, 0.6) is 0 Å². The Kier molecular flexibility index (Phi) is 4.84. The van der Waals surface area contributed by atoms with Crippen molar-refractivity contribution in [3.63, 3.8) is 0 Å².